The molecule has 0 spiro atoms. The molecule has 0 atom stereocenters. The Balaban J connectivity index is 2.32. The molecule has 0 saturated heterocycles. The van der Waals surface area contributed by atoms with Crippen LogP contribution in [0.15, 0.2) is 11.1 Å². The molecule has 4 heteroatoms. The average molecular weight is 219 g/mol. The highest BCUT2D eigenvalue weighted by atomic mass is 35.5. The van der Waals surface area contributed by atoms with Crippen molar-refractivity contribution < 1.29 is 0 Å². The summed E-state index contributed by atoms with van der Waals surface area (Å²) in [6.07, 6.45) is 2.28. The Hall–Kier alpha value is -0.150. The van der Waals surface area contributed by atoms with Gasteiger partial charge in [0.15, 0.2) is 0 Å². The van der Waals surface area contributed by atoms with Gasteiger partial charge >= 0.3 is 0 Å². The van der Waals surface area contributed by atoms with Crippen molar-refractivity contribution in [2.45, 2.75) is 24.8 Å². The fraction of sp³-hybridized carbons (Fsp3) is 0.667. The van der Waals surface area contributed by atoms with E-state index in [1.165, 1.54) is 11.4 Å². The van der Waals surface area contributed by atoms with Crippen molar-refractivity contribution in [1.29, 1.82) is 0 Å². The summed E-state index contributed by atoms with van der Waals surface area (Å²) in [5, 5.41) is 5.52. The summed E-state index contributed by atoms with van der Waals surface area (Å²) in [7, 11) is 1.98. The highest BCUT2D eigenvalue weighted by Gasteiger charge is 2.01. The van der Waals surface area contributed by atoms with Crippen LogP contribution in [-0.2, 0) is 7.05 Å². The van der Waals surface area contributed by atoms with Crippen molar-refractivity contribution in [3.8, 4) is 0 Å². The SMILES string of the molecule is Cc1cc(SCCCCCl)n(C)n1. The molecule has 0 radical (unpaired) electrons. The van der Waals surface area contributed by atoms with Gasteiger partial charge in [-0.1, -0.05) is 0 Å². The zero-order valence-corrected chi connectivity index (χ0v) is 9.66. The Morgan fingerprint density at radius 2 is 2.31 bits per heavy atom. The van der Waals surface area contributed by atoms with Gasteiger partial charge in [-0.15, -0.1) is 23.4 Å². The molecule has 1 rings (SSSR count). The minimum absolute atomic E-state index is 0.769. The van der Waals surface area contributed by atoms with Crippen molar-refractivity contribution in [3.63, 3.8) is 0 Å². The molecule has 1 aromatic rings. The number of hydrogen-bond acceptors (Lipinski definition) is 2. The second kappa shape index (κ2) is 5.55. The van der Waals surface area contributed by atoms with Crippen molar-refractivity contribution in [2.24, 2.45) is 7.05 Å². The third kappa shape index (κ3) is 3.61. The van der Waals surface area contributed by atoms with E-state index >= 15 is 0 Å². The Kier molecular flexibility index (Phi) is 4.67. The molecule has 13 heavy (non-hydrogen) atoms. The van der Waals surface area contributed by atoms with Gasteiger partial charge in [0.2, 0.25) is 0 Å². The van der Waals surface area contributed by atoms with E-state index in [1.807, 2.05) is 30.4 Å². The molecule has 0 unspecified atom stereocenters. The number of rotatable bonds is 5. The summed E-state index contributed by atoms with van der Waals surface area (Å²) in [5.74, 6) is 1.90. The van der Waals surface area contributed by atoms with Crippen LogP contribution in [0.5, 0.6) is 0 Å². The number of thioether (sulfide) groups is 1. The molecule has 0 fully saturated rings. The zero-order valence-electron chi connectivity index (χ0n) is 8.09. The van der Waals surface area contributed by atoms with E-state index in [4.69, 9.17) is 11.6 Å². The van der Waals surface area contributed by atoms with Crippen LogP contribution in [0.25, 0.3) is 0 Å². The molecule has 74 valence electrons. The Morgan fingerprint density at radius 3 is 2.85 bits per heavy atom. The van der Waals surface area contributed by atoms with E-state index in [9.17, 15) is 0 Å². The van der Waals surface area contributed by atoms with Crippen molar-refractivity contribution in [3.05, 3.63) is 11.8 Å². The summed E-state index contributed by atoms with van der Waals surface area (Å²) in [6.45, 7) is 2.02. The Labute approximate surface area is 88.7 Å². The maximum absolute atomic E-state index is 5.59. The van der Waals surface area contributed by atoms with E-state index < -0.39 is 0 Å². The summed E-state index contributed by atoms with van der Waals surface area (Å²) >= 11 is 7.44. The van der Waals surface area contributed by atoms with Gasteiger partial charge in [-0.25, -0.2) is 0 Å². The van der Waals surface area contributed by atoms with Crippen molar-refractivity contribution in [1.82, 2.24) is 9.78 Å². The molecule has 0 saturated carbocycles. The van der Waals surface area contributed by atoms with Gasteiger partial charge in [0, 0.05) is 12.9 Å². The van der Waals surface area contributed by atoms with Crippen LogP contribution in [0.1, 0.15) is 18.5 Å². The lowest BCUT2D eigenvalue weighted by Gasteiger charge is -1.99. The fourth-order valence-electron chi connectivity index (χ4n) is 1.10. The first kappa shape index (κ1) is 10.9. The first-order valence-electron chi connectivity index (χ1n) is 4.43. The highest BCUT2D eigenvalue weighted by molar-refractivity contribution is 7.99. The molecular weight excluding hydrogens is 204 g/mol. The average Bonchev–Trinajstić information content (AvgIpc) is 2.39. The number of alkyl halides is 1. The maximum atomic E-state index is 5.59. The van der Waals surface area contributed by atoms with Crippen molar-refractivity contribution in [2.75, 3.05) is 11.6 Å². The molecule has 0 aliphatic rings. The number of hydrogen-bond donors (Lipinski definition) is 0. The summed E-state index contributed by atoms with van der Waals surface area (Å²) < 4.78 is 1.93. The van der Waals surface area contributed by atoms with E-state index in [0.717, 1.165) is 23.7 Å². The standard InChI is InChI=1S/C9H15ClN2S/c1-8-7-9(12(2)11-8)13-6-4-3-5-10/h7H,3-6H2,1-2H3. The predicted octanol–water partition coefficient (Wildman–Crippen LogP) is 2.84. The van der Waals surface area contributed by atoms with Crippen LogP contribution < -0.4 is 0 Å². The van der Waals surface area contributed by atoms with Crippen LogP contribution in [0.4, 0.5) is 0 Å². The molecule has 2 nitrogen and oxygen atoms in total. The van der Waals surface area contributed by atoms with Crippen LogP contribution in [-0.4, -0.2) is 21.4 Å². The second-order valence-corrected chi connectivity index (χ2v) is 4.49. The number of nitrogens with zero attached hydrogens (tertiary/aromatic N) is 2. The number of aryl methyl sites for hydroxylation is 2. The monoisotopic (exact) mass is 218 g/mol. The minimum Gasteiger partial charge on any atom is -0.262 e. The lowest BCUT2D eigenvalue weighted by molar-refractivity contribution is 0.692. The molecule has 0 bridgehead atoms. The quantitative estimate of drug-likeness (QED) is 0.430. The first-order valence-corrected chi connectivity index (χ1v) is 5.95. The number of aromatic nitrogens is 2. The number of halogens is 1. The Bertz CT molecular complexity index is 260. The Morgan fingerprint density at radius 1 is 1.54 bits per heavy atom. The van der Waals surface area contributed by atoms with Crippen molar-refractivity contribution >= 4 is 23.4 Å². The molecule has 0 N–H and O–H groups in total. The van der Waals surface area contributed by atoms with Gasteiger partial charge in [0.1, 0.15) is 0 Å². The van der Waals surface area contributed by atoms with Gasteiger partial charge in [-0.05, 0) is 31.6 Å². The summed E-state index contributed by atoms with van der Waals surface area (Å²) in [4.78, 5) is 0. The van der Waals surface area contributed by atoms with Gasteiger partial charge in [-0.3, -0.25) is 4.68 Å². The third-order valence-electron chi connectivity index (χ3n) is 1.74. The van der Waals surface area contributed by atoms with E-state index in [1.54, 1.807) is 0 Å². The lowest BCUT2D eigenvalue weighted by Crippen LogP contribution is -1.93. The molecule has 0 aliphatic carbocycles. The largest absolute Gasteiger partial charge is 0.262 e. The van der Waals surface area contributed by atoms with Gasteiger partial charge in [0.05, 0.1) is 10.7 Å². The molecule has 1 heterocycles. The number of unbranched alkanes of at least 4 members (excludes halogenated alkanes) is 1. The van der Waals surface area contributed by atoms with Crippen LogP contribution in [0.3, 0.4) is 0 Å². The molecular formula is C9H15ClN2S. The predicted molar refractivity (Wildman–Crippen MR) is 58.6 cm³/mol. The molecule has 0 aromatic carbocycles. The van der Waals surface area contributed by atoms with E-state index in [0.29, 0.717) is 0 Å². The van der Waals surface area contributed by atoms with Crippen LogP contribution >= 0.6 is 23.4 Å². The third-order valence-corrected chi connectivity index (χ3v) is 3.17. The van der Waals surface area contributed by atoms with Crippen LogP contribution in [0.2, 0.25) is 0 Å². The molecule has 0 amide bonds. The van der Waals surface area contributed by atoms with Gasteiger partial charge in [0.25, 0.3) is 0 Å². The first-order chi connectivity index (χ1) is 6.24. The molecule has 1 aromatic heterocycles. The minimum atomic E-state index is 0.769. The molecule has 0 aliphatic heterocycles. The summed E-state index contributed by atoms with van der Waals surface area (Å²) in [6, 6.07) is 2.12. The van der Waals surface area contributed by atoms with Crippen LogP contribution in [0, 0.1) is 6.92 Å². The van der Waals surface area contributed by atoms with E-state index in [2.05, 4.69) is 11.2 Å². The maximum Gasteiger partial charge on any atom is 0.0939 e. The van der Waals surface area contributed by atoms with Gasteiger partial charge in [-0.2, -0.15) is 5.10 Å². The second-order valence-electron chi connectivity index (χ2n) is 2.99. The normalized spacial score (nSPS) is 10.7. The highest BCUT2D eigenvalue weighted by Crippen LogP contribution is 2.19. The van der Waals surface area contributed by atoms with Gasteiger partial charge < -0.3 is 0 Å². The van der Waals surface area contributed by atoms with E-state index in [-0.39, 0.29) is 0 Å². The summed E-state index contributed by atoms with van der Waals surface area (Å²) in [5.41, 5.74) is 1.09. The zero-order chi connectivity index (χ0) is 9.68. The topological polar surface area (TPSA) is 17.8 Å². The fourth-order valence-corrected chi connectivity index (χ4v) is 2.32. The lowest BCUT2D eigenvalue weighted by atomic mass is 10.4. The smallest absolute Gasteiger partial charge is 0.0939 e.